The summed E-state index contributed by atoms with van der Waals surface area (Å²) >= 11 is 0. The maximum atomic E-state index is 15.7. The van der Waals surface area contributed by atoms with Crippen LogP contribution in [0.4, 0.5) is 10.1 Å². The Balaban J connectivity index is 0.651. The minimum absolute atomic E-state index is 0.00242. The van der Waals surface area contributed by atoms with Crippen LogP contribution in [0.1, 0.15) is 115 Å². The molecule has 3 aliphatic heterocycles. The zero-order chi connectivity index (χ0) is 93.6. The lowest BCUT2D eigenvalue weighted by Crippen LogP contribution is -2.48. The molecule has 3 aliphatic rings. The third-order valence-electron chi connectivity index (χ3n) is 19.1. The number of hydroxylamine groups is 9. The van der Waals surface area contributed by atoms with E-state index in [0.717, 1.165) is 16.0 Å². The van der Waals surface area contributed by atoms with Gasteiger partial charge in [0, 0.05) is 86.7 Å². The minimum Gasteiger partial charge on any atom is -0.481 e. The van der Waals surface area contributed by atoms with Gasteiger partial charge in [0.05, 0.1) is 220 Å². The highest BCUT2D eigenvalue weighted by molar-refractivity contribution is 6.12. The third kappa shape index (κ3) is 44.0. The number of unbranched alkanes of at least 4 members (excludes halogenated alkanes) is 1. The Morgan fingerprint density at radius 1 is 0.531 bits per heavy atom. The maximum Gasteiger partial charge on any atom is 0.343 e. The van der Waals surface area contributed by atoms with Crippen molar-refractivity contribution in [1.29, 1.82) is 0 Å². The number of carboxylic acids is 3. The van der Waals surface area contributed by atoms with Gasteiger partial charge >= 0.3 is 23.9 Å². The molecule has 130 heavy (non-hydrogen) atoms. The molecule has 0 saturated carbocycles. The van der Waals surface area contributed by atoms with Crippen LogP contribution in [-0.2, 0) is 164 Å². The molecule has 0 unspecified atom stereocenters. The van der Waals surface area contributed by atoms with Gasteiger partial charge in [0.2, 0.25) is 5.91 Å². The number of aromatic nitrogens is 2. The number of carbonyl (C=O) groups excluding carboxylic acids is 4. The number of aliphatic carboxylic acids is 3. The first-order valence-corrected chi connectivity index (χ1v) is 43.6. The van der Waals surface area contributed by atoms with Gasteiger partial charge in [-0.2, -0.15) is 27.4 Å². The van der Waals surface area contributed by atoms with E-state index in [1.807, 2.05) is 20.8 Å². The summed E-state index contributed by atoms with van der Waals surface area (Å²) in [6.07, 6.45) is 1.71. The van der Waals surface area contributed by atoms with Gasteiger partial charge in [0.1, 0.15) is 31.6 Å². The average Bonchev–Trinajstić information content (AvgIpc) is 1.57. The Kier molecular flexibility index (Phi) is 57.6. The second-order valence-corrected chi connectivity index (χ2v) is 29.1. The predicted octanol–water partition coefficient (Wildman–Crippen LogP) is -0.237. The zero-order valence-electron chi connectivity index (χ0n) is 74.6. The fourth-order valence-corrected chi connectivity index (χ4v) is 12.2. The molecule has 48 nitrogen and oxygen atoms in total. The molecule has 0 bridgehead atoms. The lowest BCUT2D eigenvalue weighted by Gasteiger charge is -2.31. The van der Waals surface area contributed by atoms with Crippen LogP contribution in [0.15, 0.2) is 35.1 Å². The molecule has 5 heterocycles. The average molecular weight is 1870 g/mol. The van der Waals surface area contributed by atoms with Crippen LogP contribution in [0.25, 0.3) is 22.3 Å². The number of ether oxygens (including phenoxy) is 13. The van der Waals surface area contributed by atoms with Crippen molar-refractivity contribution in [3.05, 3.63) is 68.8 Å². The van der Waals surface area contributed by atoms with Crippen LogP contribution in [0.2, 0.25) is 0 Å². The van der Waals surface area contributed by atoms with Gasteiger partial charge in [-0.05, 0) is 75.5 Å². The summed E-state index contributed by atoms with van der Waals surface area (Å²) in [7, 11) is 0. The van der Waals surface area contributed by atoms with Gasteiger partial charge in [-0.3, -0.25) is 77.8 Å². The normalized spacial score (nSPS) is 15.4. The van der Waals surface area contributed by atoms with Crippen molar-refractivity contribution in [3.8, 4) is 11.4 Å². The lowest BCUT2D eigenvalue weighted by molar-refractivity contribution is -0.207. The van der Waals surface area contributed by atoms with Crippen LogP contribution >= 0.6 is 0 Å². The Bertz CT molecular complexity index is 3820. The summed E-state index contributed by atoms with van der Waals surface area (Å²) in [4.78, 5) is 152. The van der Waals surface area contributed by atoms with E-state index in [1.54, 1.807) is 26.0 Å². The number of nitrogens with zero attached hydrogens (tertiary/aromatic N) is 3. The van der Waals surface area contributed by atoms with E-state index in [1.165, 1.54) is 22.8 Å². The molecule has 15 N–H and O–H groups in total. The topological polar surface area (TPSA) is 574 Å². The second kappa shape index (κ2) is 67.5. The van der Waals surface area contributed by atoms with Gasteiger partial charge in [-0.25, -0.2) is 41.0 Å². The molecular formula is C81H133FN14O34. The van der Waals surface area contributed by atoms with E-state index in [-0.39, 0.29) is 93.8 Å². The Labute approximate surface area is 752 Å². The summed E-state index contributed by atoms with van der Waals surface area (Å²) in [5.74, 6) is -6.70. The standard InChI is InChI=1S/C81H133FN14O34/c1-6-59-60-51-68(64(82)53-67(60)88-75-61(59)54-96-69(75)52-63-62(77(96)102)55-121-80(107)81(63,108)7-2)91-126-56-87-127-58(5)90-129-76(57(3)4)94-128-71(89-70(97)11-10-22-95-72(98)14-15-73(95)99)12-8-9-18-83-123-48-45-118-42-39-115-36-34-113-31-28-110-25-20-85-125-50-47-120-44-41-117-38-35-114-32-29-111-26-21-86-124-49-46-119-43-40-116-37-33-112-30-27-109-24-19-84-122-23-17-66(79(105)106)93-130-92-65(78(103)104)13-16-74(100)101/h14-15,51-53,57-58,65-66,71,76,83-87,90-94,108H,6-13,16-50,54-56H2,1-5H3,(H,89,97)(H,100,101)(H,103,104)(H,105,106)/t58-,65-,66-,71-,76-,81-/m0/s1. The molecule has 0 fully saturated rings. The number of pyridine rings is 2. The molecule has 0 saturated heterocycles. The van der Waals surface area contributed by atoms with E-state index >= 15 is 4.39 Å². The number of anilines is 1. The number of hydrogen-bond acceptors (Lipinski definition) is 42. The van der Waals surface area contributed by atoms with Crippen LogP contribution in [0, 0.1) is 11.7 Å². The molecule has 49 heteroatoms. The summed E-state index contributed by atoms with van der Waals surface area (Å²) in [6, 6.07) is 1.87. The number of imide groups is 1. The van der Waals surface area contributed by atoms with Crippen LogP contribution in [0.5, 0.6) is 0 Å². The highest BCUT2D eigenvalue weighted by atomic mass is 19.1. The molecule has 0 spiro atoms. The number of fused-ring (bicyclic) bond motifs is 5. The molecule has 3 aromatic rings. The SMILES string of the molecule is CCc1c2c(nc3cc(F)c(NOCNO[C@@H](C)NO[C@H](NO[C@@H](CCCCNOCCOCCOCCOCCOCCNOCCOCCOCCOCCOCCNOCCOCCOCCOCCOCCNOCC[C@H](NON[C@@H](CCC(=O)O)C(=O)O)C(=O)O)NC(=O)CCCN4C(=O)C=CC4=O)C(C)C)cc13)-c1cc3c(c(=O)n1C2)COC(=O)[C@]3(O)CC. The van der Waals surface area contributed by atoms with Crippen molar-refractivity contribution in [2.24, 2.45) is 5.92 Å². The zero-order valence-corrected chi connectivity index (χ0v) is 74.6. The number of aryl methyl sites for hydroxylation is 1. The molecule has 6 rings (SSSR count). The Morgan fingerprint density at radius 3 is 1.52 bits per heavy atom. The van der Waals surface area contributed by atoms with Crippen LogP contribution in [-0.4, -0.2) is 332 Å². The summed E-state index contributed by atoms with van der Waals surface area (Å²) in [6.45, 7) is 20.9. The number of aliphatic hydroxyl groups is 1. The number of nitrogens with one attached hydrogen (secondary N) is 11. The highest BCUT2D eigenvalue weighted by Gasteiger charge is 2.46. The molecular weight excluding hydrogens is 1730 g/mol. The second-order valence-electron chi connectivity index (χ2n) is 29.1. The van der Waals surface area contributed by atoms with E-state index in [9.17, 15) is 48.6 Å². The molecule has 0 radical (unpaired) electrons. The fraction of sp³-hybridized carbons (Fsp3) is 0.716. The smallest absolute Gasteiger partial charge is 0.343 e. The number of esters is 1. The van der Waals surface area contributed by atoms with Crippen molar-refractivity contribution < 1.29 is 164 Å². The molecule has 0 aliphatic carbocycles. The Morgan fingerprint density at radius 2 is 1.02 bits per heavy atom. The fourth-order valence-electron chi connectivity index (χ4n) is 12.2. The van der Waals surface area contributed by atoms with Gasteiger partial charge in [-0.15, -0.1) is 0 Å². The molecule has 2 aromatic heterocycles. The van der Waals surface area contributed by atoms with E-state index in [4.69, 9.17) is 120 Å². The van der Waals surface area contributed by atoms with Gasteiger partial charge < -0.3 is 96.7 Å². The molecule has 3 amide bonds. The molecule has 1 aromatic carbocycles. The minimum atomic E-state index is -1.99. The van der Waals surface area contributed by atoms with Crippen molar-refractivity contribution in [2.45, 2.75) is 148 Å². The van der Waals surface area contributed by atoms with Gasteiger partial charge in [0.25, 0.3) is 17.4 Å². The quantitative estimate of drug-likeness (QED) is 0.00892. The number of benzene rings is 1. The molecule has 738 valence electrons. The van der Waals surface area contributed by atoms with Crippen molar-refractivity contribution >= 4 is 58.2 Å². The van der Waals surface area contributed by atoms with Gasteiger partial charge in [0.15, 0.2) is 23.9 Å². The lowest BCUT2D eigenvalue weighted by atomic mass is 9.86. The van der Waals surface area contributed by atoms with E-state index in [2.05, 4.69) is 60.1 Å². The largest absolute Gasteiger partial charge is 0.481 e. The number of halogens is 1. The number of carbonyl (C=O) groups is 7. The van der Waals surface area contributed by atoms with Crippen LogP contribution in [0.3, 0.4) is 0 Å². The van der Waals surface area contributed by atoms with Crippen LogP contribution < -0.4 is 65.7 Å². The number of carboxylic acid groups (broad SMARTS) is 3. The van der Waals surface area contributed by atoms with Gasteiger partial charge in [-0.1, -0.05) is 27.7 Å². The number of amides is 3. The summed E-state index contributed by atoms with van der Waals surface area (Å²) in [5.41, 5.74) is 27.2. The first-order chi connectivity index (χ1) is 63.2. The van der Waals surface area contributed by atoms with Crippen molar-refractivity contribution in [1.82, 2.24) is 69.1 Å². The number of cyclic esters (lactones) is 1. The highest BCUT2D eigenvalue weighted by Crippen LogP contribution is 2.41. The predicted molar refractivity (Wildman–Crippen MR) is 452 cm³/mol. The van der Waals surface area contributed by atoms with Crippen molar-refractivity contribution in [2.75, 3.05) is 230 Å². The number of hydrogen-bond donors (Lipinski definition) is 15. The monoisotopic (exact) mass is 1860 g/mol. The number of rotatable bonds is 86. The maximum absolute atomic E-state index is 15.7. The Hall–Kier alpha value is -7.70. The molecule has 6 atom stereocenters. The van der Waals surface area contributed by atoms with Crippen molar-refractivity contribution in [3.63, 3.8) is 0 Å². The van der Waals surface area contributed by atoms with E-state index in [0.29, 0.717) is 253 Å². The first kappa shape index (κ1) is 111. The summed E-state index contributed by atoms with van der Waals surface area (Å²) < 4.78 is 88.7. The summed E-state index contributed by atoms with van der Waals surface area (Å²) in [5, 5.41) is 41.9. The van der Waals surface area contributed by atoms with E-state index < -0.39 is 89.9 Å². The third-order valence-corrected chi connectivity index (χ3v) is 19.1. The first-order valence-electron chi connectivity index (χ1n) is 43.6.